The van der Waals surface area contributed by atoms with E-state index < -0.39 is 0 Å². The lowest BCUT2D eigenvalue weighted by atomic mass is 10.2. The second kappa shape index (κ2) is 10.9. The van der Waals surface area contributed by atoms with Crippen LogP contribution in [-0.4, -0.2) is 34.7 Å². The van der Waals surface area contributed by atoms with Crippen LogP contribution in [0.1, 0.15) is 23.9 Å². The van der Waals surface area contributed by atoms with Gasteiger partial charge in [-0.25, -0.2) is 9.38 Å². The summed E-state index contributed by atoms with van der Waals surface area (Å²) in [5, 5.41) is 13.2. The monoisotopic (exact) mass is 488 g/mol. The Morgan fingerprint density at radius 1 is 1.22 bits per heavy atom. The van der Waals surface area contributed by atoms with E-state index in [1.165, 1.54) is 24.3 Å². The number of carbonyl (C=O) groups is 1. The van der Waals surface area contributed by atoms with Gasteiger partial charge in [0.1, 0.15) is 5.82 Å². The topological polar surface area (TPSA) is 83.3 Å². The smallest absolute Gasteiger partial charge is 0.243 e. The zero-order valence-electron chi connectivity index (χ0n) is 16.0. The van der Waals surface area contributed by atoms with Gasteiger partial charge in [0.05, 0.1) is 18.8 Å². The van der Waals surface area contributed by atoms with Gasteiger partial charge in [0.2, 0.25) is 5.91 Å². The van der Waals surface area contributed by atoms with Crippen molar-refractivity contribution >= 4 is 41.5 Å². The maximum absolute atomic E-state index is 12.9. The van der Waals surface area contributed by atoms with E-state index in [2.05, 4.69) is 26.0 Å². The highest BCUT2D eigenvalue weighted by atomic mass is 127. The van der Waals surface area contributed by atoms with E-state index in [9.17, 15) is 9.18 Å². The Kier molecular flexibility index (Phi) is 9.19. The van der Waals surface area contributed by atoms with Crippen LogP contribution in [0.3, 0.4) is 0 Å². The molecule has 9 heteroatoms. The molecule has 0 fully saturated rings. The van der Waals surface area contributed by atoms with E-state index in [1.54, 1.807) is 0 Å². The second-order valence-electron chi connectivity index (χ2n) is 5.88. The zero-order valence-corrected chi connectivity index (χ0v) is 18.3. The molecule has 1 heterocycles. The maximum atomic E-state index is 12.9. The zero-order chi connectivity index (χ0) is 19.1. The number of guanidine groups is 1. The first-order valence-corrected chi connectivity index (χ1v) is 8.47. The Bertz CT molecular complexity index is 788. The molecular formula is C18H26FIN6O. The molecule has 0 aliphatic heterocycles. The van der Waals surface area contributed by atoms with Crippen LogP contribution in [-0.2, 0) is 18.4 Å². The number of aryl methyl sites for hydroxylation is 2. The molecule has 0 unspecified atom stereocenters. The van der Waals surface area contributed by atoms with Gasteiger partial charge in [-0.05, 0) is 45.0 Å². The largest absolute Gasteiger partial charge is 0.357 e. The molecule has 0 spiro atoms. The molecule has 148 valence electrons. The molecule has 3 N–H and O–H groups in total. The van der Waals surface area contributed by atoms with E-state index in [0.29, 0.717) is 24.7 Å². The molecule has 0 radical (unpaired) electrons. The summed E-state index contributed by atoms with van der Waals surface area (Å²) in [6, 6.07) is 5.63. The summed E-state index contributed by atoms with van der Waals surface area (Å²) in [5.41, 5.74) is 3.62. The number of carbonyl (C=O) groups excluding carboxylic acids is 1. The minimum absolute atomic E-state index is 0. The van der Waals surface area contributed by atoms with Gasteiger partial charge in [-0.1, -0.05) is 0 Å². The summed E-state index contributed by atoms with van der Waals surface area (Å²) in [6.45, 7) is 7.11. The van der Waals surface area contributed by atoms with E-state index in [-0.39, 0.29) is 42.2 Å². The lowest BCUT2D eigenvalue weighted by Crippen LogP contribution is -2.41. The molecule has 0 saturated heterocycles. The summed E-state index contributed by atoms with van der Waals surface area (Å²) < 4.78 is 14.7. The molecule has 0 aliphatic rings. The van der Waals surface area contributed by atoms with Crippen molar-refractivity contribution in [2.24, 2.45) is 12.0 Å². The fourth-order valence-corrected chi connectivity index (χ4v) is 2.45. The third-order valence-electron chi connectivity index (χ3n) is 3.94. The van der Waals surface area contributed by atoms with Gasteiger partial charge in [0, 0.05) is 30.5 Å². The lowest BCUT2D eigenvalue weighted by Gasteiger charge is -2.11. The maximum Gasteiger partial charge on any atom is 0.243 e. The number of benzene rings is 1. The molecular weight excluding hydrogens is 462 g/mol. The minimum atomic E-state index is -0.344. The number of halogens is 2. The van der Waals surface area contributed by atoms with Crippen molar-refractivity contribution in [3.05, 3.63) is 47.0 Å². The summed E-state index contributed by atoms with van der Waals surface area (Å²) in [6.07, 6.45) is 0. The molecule has 1 aromatic heterocycles. The Balaban J connectivity index is 0.00000364. The normalized spacial score (nSPS) is 10.9. The number of anilines is 1. The predicted molar refractivity (Wildman–Crippen MR) is 116 cm³/mol. The second-order valence-corrected chi connectivity index (χ2v) is 5.88. The van der Waals surface area contributed by atoms with Gasteiger partial charge in [0.15, 0.2) is 5.96 Å². The quantitative estimate of drug-likeness (QED) is 0.332. The van der Waals surface area contributed by atoms with Gasteiger partial charge in [0.25, 0.3) is 0 Å². The SMILES string of the molecule is CCNC(=NCc1c(C)nn(C)c1C)NCC(=O)Nc1ccc(F)cc1.I. The van der Waals surface area contributed by atoms with Crippen LogP contribution in [0.2, 0.25) is 0 Å². The lowest BCUT2D eigenvalue weighted by molar-refractivity contribution is -0.115. The fraction of sp³-hybridized carbons (Fsp3) is 0.389. The summed E-state index contributed by atoms with van der Waals surface area (Å²) >= 11 is 0. The van der Waals surface area contributed by atoms with E-state index in [4.69, 9.17) is 0 Å². The molecule has 27 heavy (non-hydrogen) atoms. The first-order valence-electron chi connectivity index (χ1n) is 8.47. The highest BCUT2D eigenvalue weighted by Crippen LogP contribution is 2.12. The van der Waals surface area contributed by atoms with Gasteiger partial charge >= 0.3 is 0 Å². The van der Waals surface area contributed by atoms with E-state index in [0.717, 1.165) is 17.0 Å². The molecule has 0 bridgehead atoms. The van der Waals surface area contributed by atoms with Crippen molar-refractivity contribution in [1.29, 1.82) is 0 Å². The van der Waals surface area contributed by atoms with Crippen LogP contribution in [0.25, 0.3) is 0 Å². The van der Waals surface area contributed by atoms with Crippen molar-refractivity contribution in [1.82, 2.24) is 20.4 Å². The first-order chi connectivity index (χ1) is 12.4. The number of hydrogen-bond acceptors (Lipinski definition) is 3. The van der Waals surface area contributed by atoms with Crippen molar-refractivity contribution in [2.45, 2.75) is 27.3 Å². The highest BCUT2D eigenvalue weighted by molar-refractivity contribution is 14.0. The van der Waals surface area contributed by atoms with Crippen LogP contribution >= 0.6 is 24.0 Å². The number of aliphatic imine (C=N–C) groups is 1. The number of hydrogen-bond donors (Lipinski definition) is 3. The van der Waals surface area contributed by atoms with Crippen LogP contribution in [0, 0.1) is 19.7 Å². The minimum Gasteiger partial charge on any atom is -0.357 e. The standard InChI is InChI=1S/C18H25FN6O.HI/c1-5-20-18(21-10-16-12(2)24-25(4)13(16)3)22-11-17(26)23-15-8-6-14(19)7-9-15;/h6-9H,5,10-11H2,1-4H3,(H,23,26)(H2,20,21,22);1H. The predicted octanol–water partition coefficient (Wildman–Crippen LogP) is 2.49. The van der Waals surface area contributed by atoms with Crippen molar-refractivity contribution in [2.75, 3.05) is 18.4 Å². The average Bonchev–Trinajstić information content (AvgIpc) is 2.85. The van der Waals surface area contributed by atoms with Crippen LogP contribution in [0.15, 0.2) is 29.3 Å². The Hall–Kier alpha value is -2.17. The summed E-state index contributed by atoms with van der Waals surface area (Å²) in [5.74, 6) is -0.0379. The Labute approximate surface area is 175 Å². The first kappa shape index (κ1) is 22.9. The van der Waals surface area contributed by atoms with Gasteiger partial charge in [-0.2, -0.15) is 5.10 Å². The Morgan fingerprint density at radius 3 is 2.44 bits per heavy atom. The fourth-order valence-electron chi connectivity index (χ4n) is 2.45. The number of amides is 1. The average molecular weight is 488 g/mol. The number of nitrogens with zero attached hydrogens (tertiary/aromatic N) is 3. The molecule has 7 nitrogen and oxygen atoms in total. The molecule has 1 aromatic carbocycles. The highest BCUT2D eigenvalue weighted by Gasteiger charge is 2.09. The van der Waals surface area contributed by atoms with E-state index in [1.807, 2.05) is 32.5 Å². The third kappa shape index (κ3) is 6.81. The molecule has 1 amide bonds. The Morgan fingerprint density at radius 2 is 1.89 bits per heavy atom. The van der Waals surface area contributed by atoms with Gasteiger partial charge < -0.3 is 16.0 Å². The van der Waals surface area contributed by atoms with Gasteiger partial charge in [-0.15, -0.1) is 24.0 Å². The van der Waals surface area contributed by atoms with Crippen LogP contribution in [0.5, 0.6) is 0 Å². The molecule has 0 aliphatic carbocycles. The summed E-state index contributed by atoms with van der Waals surface area (Å²) in [7, 11) is 1.90. The van der Waals surface area contributed by atoms with Crippen LogP contribution in [0.4, 0.5) is 10.1 Å². The molecule has 0 saturated carbocycles. The van der Waals surface area contributed by atoms with Crippen molar-refractivity contribution in [3.63, 3.8) is 0 Å². The number of rotatable bonds is 6. The number of aromatic nitrogens is 2. The summed E-state index contributed by atoms with van der Waals surface area (Å²) in [4.78, 5) is 16.5. The van der Waals surface area contributed by atoms with Gasteiger partial charge in [-0.3, -0.25) is 9.48 Å². The van der Waals surface area contributed by atoms with Crippen LogP contribution < -0.4 is 16.0 Å². The van der Waals surface area contributed by atoms with Crippen molar-refractivity contribution < 1.29 is 9.18 Å². The number of nitrogens with one attached hydrogen (secondary N) is 3. The third-order valence-corrected chi connectivity index (χ3v) is 3.94. The molecule has 2 aromatic rings. The van der Waals surface area contributed by atoms with E-state index >= 15 is 0 Å². The molecule has 0 atom stereocenters. The van der Waals surface area contributed by atoms with Crippen molar-refractivity contribution in [3.8, 4) is 0 Å². The molecule has 2 rings (SSSR count).